The number of carbonyl (C=O) groups excluding carboxylic acids is 1. The van der Waals surface area contributed by atoms with Crippen LogP contribution in [0.3, 0.4) is 0 Å². The smallest absolute Gasteiger partial charge is 0.343 e. The third kappa shape index (κ3) is 2.18. The first kappa shape index (κ1) is 12.8. The molecule has 1 aromatic carbocycles. The van der Waals surface area contributed by atoms with Crippen molar-refractivity contribution in [1.29, 1.82) is 0 Å². The average molecular weight is 310 g/mol. The number of benzene rings is 1. The lowest BCUT2D eigenvalue weighted by atomic mass is 10.1. The van der Waals surface area contributed by atoms with Gasteiger partial charge in [-0.05, 0) is 47.5 Å². The van der Waals surface area contributed by atoms with Gasteiger partial charge >= 0.3 is 5.97 Å². The van der Waals surface area contributed by atoms with E-state index in [1.54, 1.807) is 13.0 Å². The van der Waals surface area contributed by atoms with Crippen molar-refractivity contribution in [3.8, 4) is 0 Å². The van der Waals surface area contributed by atoms with Gasteiger partial charge in [-0.1, -0.05) is 0 Å². The molecule has 2 rings (SSSR count). The topological polar surface area (TPSA) is 59.2 Å². The number of hydrogen-bond donors (Lipinski definition) is 1. The van der Waals surface area contributed by atoms with Crippen LogP contribution in [0, 0.1) is 6.92 Å². The Kier molecular flexibility index (Phi) is 3.52. The Bertz CT molecular complexity index is 676. The molecule has 0 amide bonds. The molecule has 2 aromatic rings. The van der Waals surface area contributed by atoms with E-state index in [1.807, 2.05) is 13.0 Å². The maximum atomic E-state index is 12.2. The summed E-state index contributed by atoms with van der Waals surface area (Å²) in [6, 6.07) is 3.66. The number of nitrogens with one attached hydrogen (secondary N) is 1. The van der Waals surface area contributed by atoms with Gasteiger partial charge in [0.2, 0.25) is 5.43 Å². The van der Waals surface area contributed by atoms with E-state index >= 15 is 0 Å². The maximum Gasteiger partial charge on any atom is 0.343 e. The number of aryl methyl sites for hydroxylation is 1. The number of esters is 1. The first-order valence-corrected chi connectivity index (χ1v) is 6.32. The third-order valence-electron chi connectivity index (χ3n) is 2.58. The molecule has 1 N–H and O–H groups in total. The van der Waals surface area contributed by atoms with Gasteiger partial charge in [-0.15, -0.1) is 0 Å². The number of fused-ring (bicyclic) bond motifs is 1. The quantitative estimate of drug-likeness (QED) is 0.868. The molecule has 0 spiro atoms. The highest BCUT2D eigenvalue weighted by atomic mass is 79.9. The summed E-state index contributed by atoms with van der Waals surface area (Å²) >= 11 is 3.39. The van der Waals surface area contributed by atoms with Crippen LogP contribution in [-0.2, 0) is 4.74 Å². The SMILES string of the molecule is CCOC(=O)c1c[nH]c2c(Br)cc(C)cc2c1=O. The van der Waals surface area contributed by atoms with Gasteiger partial charge in [-0.25, -0.2) is 4.79 Å². The van der Waals surface area contributed by atoms with Crippen molar-refractivity contribution in [2.45, 2.75) is 13.8 Å². The Morgan fingerprint density at radius 1 is 1.44 bits per heavy atom. The molecular formula is C13H12BrNO3. The highest BCUT2D eigenvalue weighted by Gasteiger charge is 2.15. The van der Waals surface area contributed by atoms with E-state index in [1.165, 1.54) is 6.20 Å². The van der Waals surface area contributed by atoms with Crippen molar-refractivity contribution in [2.75, 3.05) is 6.61 Å². The monoisotopic (exact) mass is 309 g/mol. The molecular weight excluding hydrogens is 298 g/mol. The summed E-state index contributed by atoms with van der Waals surface area (Å²) in [6.45, 7) is 3.84. The highest BCUT2D eigenvalue weighted by Crippen LogP contribution is 2.22. The van der Waals surface area contributed by atoms with E-state index in [9.17, 15) is 9.59 Å². The van der Waals surface area contributed by atoms with Crippen LogP contribution in [-0.4, -0.2) is 17.6 Å². The van der Waals surface area contributed by atoms with Crippen LogP contribution in [0.1, 0.15) is 22.8 Å². The Balaban J connectivity index is 2.71. The zero-order valence-electron chi connectivity index (χ0n) is 10.0. The van der Waals surface area contributed by atoms with Crippen molar-refractivity contribution in [1.82, 2.24) is 4.98 Å². The lowest BCUT2D eigenvalue weighted by molar-refractivity contribution is 0.0524. The molecule has 4 nitrogen and oxygen atoms in total. The number of aromatic nitrogens is 1. The Morgan fingerprint density at radius 2 is 2.17 bits per heavy atom. The Morgan fingerprint density at radius 3 is 2.83 bits per heavy atom. The van der Waals surface area contributed by atoms with Gasteiger partial charge < -0.3 is 9.72 Å². The third-order valence-corrected chi connectivity index (χ3v) is 3.21. The van der Waals surface area contributed by atoms with Crippen molar-refractivity contribution in [2.24, 2.45) is 0 Å². The highest BCUT2D eigenvalue weighted by molar-refractivity contribution is 9.10. The maximum absolute atomic E-state index is 12.2. The standard InChI is InChI=1S/C13H12BrNO3/c1-3-18-13(17)9-6-15-11-8(12(9)16)4-7(2)5-10(11)14/h4-6H,3H2,1-2H3,(H,15,16). The normalized spacial score (nSPS) is 10.6. The summed E-state index contributed by atoms with van der Waals surface area (Å²) in [5.74, 6) is -0.599. The van der Waals surface area contributed by atoms with E-state index in [0.717, 1.165) is 10.0 Å². The minimum atomic E-state index is -0.599. The molecule has 0 bridgehead atoms. The minimum absolute atomic E-state index is 0.0295. The van der Waals surface area contributed by atoms with Gasteiger partial charge in [0.15, 0.2) is 0 Å². The molecule has 0 aliphatic rings. The van der Waals surface area contributed by atoms with Crippen molar-refractivity contribution >= 4 is 32.8 Å². The zero-order chi connectivity index (χ0) is 13.3. The fourth-order valence-corrected chi connectivity index (χ4v) is 2.47. The molecule has 0 aliphatic heterocycles. The molecule has 18 heavy (non-hydrogen) atoms. The molecule has 0 radical (unpaired) electrons. The molecule has 1 heterocycles. The predicted molar refractivity (Wildman–Crippen MR) is 73.0 cm³/mol. The molecule has 0 aliphatic carbocycles. The van der Waals surface area contributed by atoms with Gasteiger partial charge in [-0.3, -0.25) is 4.79 Å². The predicted octanol–water partition coefficient (Wildman–Crippen LogP) is 2.78. The Labute approximate surface area is 112 Å². The fourth-order valence-electron chi connectivity index (χ4n) is 1.78. The fraction of sp³-hybridized carbons (Fsp3) is 0.231. The number of H-pyrrole nitrogens is 1. The summed E-state index contributed by atoms with van der Waals surface area (Å²) in [5, 5.41) is 0.479. The average Bonchev–Trinajstić information content (AvgIpc) is 2.30. The van der Waals surface area contributed by atoms with Crippen molar-refractivity contribution < 1.29 is 9.53 Å². The van der Waals surface area contributed by atoms with E-state index in [-0.39, 0.29) is 17.6 Å². The Hall–Kier alpha value is -1.62. The number of pyridine rings is 1. The van der Waals surface area contributed by atoms with Gasteiger partial charge in [0.1, 0.15) is 5.56 Å². The van der Waals surface area contributed by atoms with E-state index in [2.05, 4.69) is 20.9 Å². The van der Waals surface area contributed by atoms with Crippen molar-refractivity contribution in [3.05, 3.63) is 44.2 Å². The minimum Gasteiger partial charge on any atom is -0.462 e. The first-order valence-electron chi connectivity index (χ1n) is 5.53. The van der Waals surface area contributed by atoms with Gasteiger partial charge in [0, 0.05) is 16.1 Å². The molecule has 5 heteroatoms. The second kappa shape index (κ2) is 4.94. The van der Waals surface area contributed by atoms with E-state index in [4.69, 9.17) is 4.74 Å². The van der Waals surface area contributed by atoms with Crippen LogP contribution in [0.15, 0.2) is 27.6 Å². The second-order valence-electron chi connectivity index (χ2n) is 3.92. The molecule has 1 aromatic heterocycles. The van der Waals surface area contributed by atoms with Gasteiger partial charge in [-0.2, -0.15) is 0 Å². The summed E-state index contributed by atoms with van der Waals surface area (Å²) in [6.07, 6.45) is 1.39. The molecule has 0 saturated carbocycles. The van der Waals surface area contributed by atoms with Crippen LogP contribution in [0.2, 0.25) is 0 Å². The van der Waals surface area contributed by atoms with Gasteiger partial charge in [0.05, 0.1) is 12.1 Å². The number of carbonyl (C=O) groups is 1. The largest absolute Gasteiger partial charge is 0.462 e. The van der Waals surface area contributed by atoms with Crippen LogP contribution >= 0.6 is 15.9 Å². The lowest BCUT2D eigenvalue weighted by Gasteiger charge is -2.05. The zero-order valence-corrected chi connectivity index (χ0v) is 11.6. The van der Waals surface area contributed by atoms with Crippen LogP contribution < -0.4 is 5.43 Å². The van der Waals surface area contributed by atoms with Crippen LogP contribution in [0.25, 0.3) is 10.9 Å². The molecule has 0 saturated heterocycles. The molecule has 94 valence electrons. The first-order chi connectivity index (χ1) is 8.54. The number of rotatable bonds is 2. The molecule has 0 atom stereocenters. The summed E-state index contributed by atoms with van der Waals surface area (Å²) in [4.78, 5) is 26.8. The van der Waals surface area contributed by atoms with Crippen LogP contribution in [0.5, 0.6) is 0 Å². The summed E-state index contributed by atoms with van der Waals surface area (Å²) < 4.78 is 5.64. The summed E-state index contributed by atoms with van der Waals surface area (Å²) in [7, 11) is 0. The van der Waals surface area contributed by atoms with Gasteiger partial charge in [0.25, 0.3) is 0 Å². The van der Waals surface area contributed by atoms with Crippen molar-refractivity contribution in [3.63, 3.8) is 0 Å². The van der Waals surface area contributed by atoms with E-state index in [0.29, 0.717) is 10.9 Å². The number of halogens is 1. The number of ether oxygens (including phenoxy) is 1. The number of aromatic amines is 1. The van der Waals surface area contributed by atoms with Crippen LogP contribution in [0.4, 0.5) is 0 Å². The lowest BCUT2D eigenvalue weighted by Crippen LogP contribution is -2.18. The summed E-state index contributed by atoms with van der Waals surface area (Å²) in [5.41, 5.74) is 1.34. The number of hydrogen-bond acceptors (Lipinski definition) is 3. The molecule has 0 unspecified atom stereocenters. The van der Waals surface area contributed by atoms with E-state index < -0.39 is 5.97 Å². The second-order valence-corrected chi connectivity index (χ2v) is 4.78. The molecule has 0 fully saturated rings.